The Bertz CT molecular complexity index is 1020. The summed E-state index contributed by atoms with van der Waals surface area (Å²) in [6.07, 6.45) is 1.36. The van der Waals surface area contributed by atoms with E-state index >= 15 is 0 Å². The van der Waals surface area contributed by atoms with E-state index in [1.54, 1.807) is 0 Å². The molecule has 6 heteroatoms. The number of urea groups is 1. The van der Waals surface area contributed by atoms with Gasteiger partial charge in [-0.05, 0) is 55.2 Å². The van der Waals surface area contributed by atoms with Gasteiger partial charge in [0.25, 0.3) is 0 Å². The van der Waals surface area contributed by atoms with Gasteiger partial charge in [0.15, 0.2) is 11.5 Å². The number of amides is 2. The van der Waals surface area contributed by atoms with Gasteiger partial charge in [-0.3, -0.25) is 0 Å². The Morgan fingerprint density at radius 3 is 2.52 bits per heavy atom. The molecule has 0 saturated carbocycles. The first-order chi connectivity index (χ1) is 15.2. The van der Waals surface area contributed by atoms with Crippen molar-refractivity contribution in [2.75, 3.05) is 18.7 Å². The highest BCUT2D eigenvalue weighted by Crippen LogP contribution is 2.33. The summed E-state index contributed by atoms with van der Waals surface area (Å²) in [5, 5.41) is 6.04. The topological polar surface area (TPSA) is 68.8 Å². The van der Waals surface area contributed by atoms with E-state index in [4.69, 9.17) is 14.2 Å². The number of fused-ring (bicyclic) bond motifs is 1. The van der Waals surface area contributed by atoms with Crippen LogP contribution in [0.15, 0.2) is 72.8 Å². The number of nitrogens with one attached hydrogen (secondary N) is 2. The average molecular weight is 418 g/mol. The number of hydrogen-bond acceptors (Lipinski definition) is 4. The van der Waals surface area contributed by atoms with Crippen molar-refractivity contribution in [2.45, 2.75) is 25.8 Å². The predicted octanol–water partition coefficient (Wildman–Crippen LogP) is 4.79. The Balaban J connectivity index is 1.48. The summed E-state index contributed by atoms with van der Waals surface area (Å²) in [5.74, 6) is 2.14. The van der Waals surface area contributed by atoms with Gasteiger partial charge >= 0.3 is 6.03 Å². The van der Waals surface area contributed by atoms with Gasteiger partial charge in [0, 0.05) is 6.04 Å². The Labute approximate surface area is 182 Å². The third-order valence-corrected chi connectivity index (χ3v) is 5.01. The van der Waals surface area contributed by atoms with E-state index in [0.29, 0.717) is 30.9 Å². The van der Waals surface area contributed by atoms with Crippen LogP contribution in [0.2, 0.25) is 0 Å². The number of ether oxygens (including phenoxy) is 3. The normalized spacial score (nSPS) is 12.8. The molecular weight excluding hydrogens is 392 g/mol. The van der Waals surface area contributed by atoms with Crippen molar-refractivity contribution in [1.29, 1.82) is 0 Å². The number of benzene rings is 3. The number of para-hydroxylation sites is 2. The Kier molecular flexibility index (Phi) is 6.57. The van der Waals surface area contributed by atoms with E-state index in [1.165, 1.54) is 0 Å². The Hall–Kier alpha value is -3.67. The first-order valence-electron chi connectivity index (χ1n) is 10.4. The molecule has 0 aliphatic carbocycles. The molecule has 3 aromatic rings. The zero-order valence-electron chi connectivity index (χ0n) is 17.5. The minimum Gasteiger partial charge on any atom is -0.492 e. The molecule has 31 heavy (non-hydrogen) atoms. The minimum atomic E-state index is -0.270. The smallest absolute Gasteiger partial charge is 0.319 e. The van der Waals surface area contributed by atoms with Gasteiger partial charge in [0.1, 0.15) is 5.75 Å². The van der Waals surface area contributed by atoms with Crippen LogP contribution in [-0.2, 0) is 12.8 Å². The summed E-state index contributed by atoms with van der Waals surface area (Å²) in [4.78, 5) is 12.8. The predicted molar refractivity (Wildman–Crippen MR) is 120 cm³/mol. The summed E-state index contributed by atoms with van der Waals surface area (Å²) < 4.78 is 16.5. The molecule has 2 N–H and O–H groups in total. The zero-order chi connectivity index (χ0) is 21.5. The maximum absolute atomic E-state index is 12.8. The highest BCUT2D eigenvalue weighted by Gasteiger charge is 2.18. The molecule has 0 radical (unpaired) electrons. The molecule has 1 atom stereocenters. The Morgan fingerprint density at radius 2 is 1.68 bits per heavy atom. The quantitative estimate of drug-likeness (QED) is 0.552. The van der Waals surface area contributed by atoms with Gasteiger partial charge in [-0.25, -0.2) is 4.79 Å². The van der Waals surface area contributed by atoms with Crippen LogP contribution in [0.3, 0.4) is 0 Å². The molecule has 4 rings (SSSR count). The van der Waals surface area contributed by atoms with Gasteiger partial charge < -0.3 is 24.8 Å². The molecule has 1 heterocycles. The maximum Gasteiger partial charge on any atom is 0.319 e. The lowest BCUT2D eigenvalue weighted by Crippen LogP contribution is -2.40. The summed E-state index contributed by atoms with van der Waals surface area (Å²) in [6.45, 7) is 2.69. The third kappa shape index (κ3) is 5.48. The van der Waals surface area contributed by atoms with Crippen molar-refractivity contribution in [3.63, 3.8) is 0 Å². The van der Waals surface area contributed by atoms with Gasteiger partial charge in [-0.2, -0.15) is 0 Å². The van der Waals surface area contributed by atoms with Crippen LogP contribution in [0, 0.1) is 0 Å². The molecule has 160 valence electrons. The van der Waals surface area contributed by atoms with E-state index in [9.17, 15) is 4.79 Å². The first-order valence-corrected chi connectivity index (χ1v) is 10.4. The van der Waals surface area contributed by atoms with Crippen molar-refractivity contribution >= 4 is 11.7 Å². The molecule has 0 saturated heterocycles. The molecule has 0 fully saturated rings. The number of hydrogen-bond donors (Lipinski definition) is 2. The second kappa shape index (κ2) is 9.89. The third-order valence-electron chi connectivity index (χ3n) is 5.01. The van der Waals surface area contributed by atoms with Crippen molar-refractivity contribution < 1.29 is 19.0 Å². The molecule has 0 bridgehead atoms. The molecule has 1 aliphatic rings. The molecule has 0 spiro atoms. The van der Waals surface area contributed by atoms with Gasteiger partial charge in [0.2, 0.25) is 6.79 Å². The largest absolute Gasteiger partial charge is 0.492 e. The van der Waals surface area contributed by atoms with Crippen LogP contribution in [0.4, 0.5) is 10.5 Å². The van der Waals surface area contributed by atoms with Crippen LogP contribution in [0.25, 0.3) is 0 Å². The van der Waals surface area contributed by atoms with Gasteiger partial charge in [-0.15, -0.1) is 0 Å². The van der Waals surface area contributed by atoms with E-state index in [2.05, 4.69) is 22.8 Å². The standard InChI is InChI=1S/C25H26N2O4/c1-2-29-22-11-7-6-10-21(22)27-25(28)26-20(14-18-8-4-3-5-9-18)15-19-12-13-23-24(16-19)31-17-30-23/h3-13,16,20H,2,14-15,17H2,1H3,(H2,26,27,28)/t20-/m0/s1. The monoisotopic (exact) mass is 418 g/mol. The van der Waals surface area contributed by atoms with Crippen LogP contribution in [0.1, 0.15) is 18.1 Å². The second-order valence-electron chi connectivity index (χ2n) is 7.31. The molecule has 0 aromatic heterocycles. The molecule has 2 amide bonds. The summed E-state index contributed by atoms with van der Waals surface area (Å²) >= 11 is 0. The fraction of sp³-hybridized carbons (Fsp3) is 0.240. The zero-order valence-corrected chi connectivity index (χ0v) is 17.5. The van der Waals surface area contributed by atoms with Crippen LogP contribution in [0.5, 0.6) is 17.2 Å². The Morgan fingerprint density at radius 1 is 0.935 bits per heavy atom. The van der Waals surface area contributed by atoms with E-state index in [1.807, 2.05) is 67.6 Å². The highest BCUT2D eigenvalue weighted by molar-refractivity contribution is 5.91. The van der Waals surface area contributed by atoms with Gasteiger partial charge in [0.05, 0.1) is 12.3 Å². The van der Waals surface area contributed by atoms with Crippen LogP contribution < -0.4 is 24.8 Å². The highest BCUT2D eigenvalue weighted by atomic mass is 16.7. The fourth-order valence-electron chi connectivity index (χ4n) is 3.62. The number of rotatable bonds is 8. The SMILES string of the molecule is CCOc1ccccc1NC(=O)N[C@@H](Cc1ccccc1)Cc1ccc2c(c1)OCO2. The van der Waals surface area contributed by atoms with Crippen molar-refractivity contribution in [2.24, 2.45) is 0 Å². The number of anilines is 1. The van der Waals surface area contributed by atoms with Crippen molar-refractivity contribution in [1.82, 2.24) is 5.32 Å². The lowest BCUT2D eigenvalue weighted by atomic mass is 9.98. The number of carbonyl (C=O) groups excluding carboxylic acids is 1. The van der Waals surface area contributed by atoms with E-state index in [-0.39, 0.29) is 18.9 Å². The molecule has 1 aliphatic heterocycles. The van der Waals surface area contributed by atoms with E-state index in [0.717, 1.165) is 22.6 Å². The molecular formula is C25H26N2O4. The molecule has 6 nitrogen and oxygen atoms in total. The van der Waals surface area contributed by atoms with Crippen LogP contribution in [-0.4, -0.2) is 25.5 Å². The summed E-state index contributed by atoms with van der Waals surface area (Å²) in [7, 11) is 0. The lowest BCUT2D eigenvalue weighted by molar-refractivity contribution is 0.174. The summed E-state index contributed by atoms with van der Waals surface area (Å²) in [5.41, 5.74) is 2.87. The second-order valence-corrected chi connectivity index (χ2v) is 7.31. The first kappa shape index (κ1) is 20.6. The van der Waals surface area contributed by atoms with Crippen molar-refractivity contribution in [3.8, 4) is 17.2 Å². The summed E-state index contributed by atoms with van der Waals surface area (Å²) in [6, 6.07) is 23.1. The number of carbonyl (C=O) groups is 1. The average Bonchev–Trinajstić information content (AvgIpc) is 3.24. The van der Waals surface area contributed by atoms with E-state index < -0.39 is 0 Å². The van der Waals surface area contributed by atoms with Gasteiger partial charge in [-0.1, -0.05) is 48.5 Å². The molecule has 3 aromatic carbocycles. The molecule has 0 unspecified atom stereocenters. The van der Waals surface area contributed by atoms with Crippen LogP contribution >= 0.6 is 0 Å². The minimum absolute atomic E-state index is 0.109. The van der Waals surface area contributed by atoms with Crippen molar-refractivity contribution in [3.05, 3.63) is 83.9 Å². The lowest BCUT2D eigenvalue weighted by Gasteiger charge is -2.20. The maximum atomic E-state index is 12.8. The fourth-order valence-corrected chi connectivity index (χ4v) is 3.62.